The van der Waals surface area contributed by atoms with Crippen LogP contribution >= 0.6 is 0 Å². The molecule has 0 aromatic rings. The molecule has 0 saturated carbocycles. The maximum atomic E-state index is 3.74. The predicted molar refractivity (Wildman–Crippen MR) is 47.7 cm³/mol. The van der Waals surface area contributed by atoms with E-state index in [0.29, 0.717) is 0 Å². The standard InChI is InChI=1S/C10H15/c1-4-7-10(8-5-2)9-6-3/h4-5,9H,1-3,6-8H2. The molecule has 10 heavy (non-hydrogen) atoms. The van der Waals surface area contributed by atoms with Crippen molar-refractivity contribution < 1.29 is 0 Å². The van der Waals surface area contributed by atoms with Crippen LogP contribution < -0.4 is 0 Å². The van der Waals surface area contributed by atoms with E-state index in [1.165, 1.54) is 5.57 Å². The van der Waals surface area contributed by atoms with Crippen molar-refractivity contribution >= 4 is 0 Å². The SMILES string of the molecule is [CH2]CC=C(CC=C)CC=C. The zero-order chi connectivity index (χ0) is 7.82. The minimum Gasteiger partial charge on any atom is -0.103 e. The maximum Gasteiger partial charge on any atom is -0.0138 e. The molecule has 0 aromatic heterocycles. The molecule has 0 unspecified atom stereocenters. The van der Waals surface area contributed by atoms with Crippen LogP contribution in [0.25, 0.3) is 0 Å². The Kier molecular flexibility index (Phi) is 5.85. The van der Waals surface area contributed by atoms with Crippen LogP contribution in [0.5, 0.6) is 0 Å². The first-order chi connectivity index (χ1) is 4.85. The summed E-state index contributed by atoms with van der Waals surface area (Å²) >= 11 is 0. The Morgan fingerprint density at radius 3 is 1.90 bits per heavy atom. The van der Waals surface area contributed by atoms with E-state index in [0.717, 1.165) is 19.3 Å². The fourth-order valence-corrected chi connectivity index (χ4v) is 0.825. The van der Waals surface area contributed by atoms with Crippen molar-refractivity contribution in [3.05, 3.63) is 43.9 Å². The lowest BCUT2D eigenvalue weighted by molar-refractivity contribution is 1.09. The highest BCUT2D eigenvalue weighted by atomic mass is 13.9. The number of hydrogen-bond acceptors (Lipinski definition) is 0. The van der Waals surface area contributed by atoms with Gasteiger partial charge in [-0.05, 0) is 26.2 Å². The van der Waals surface area contributed by atoms with Crippen LogP contribution in [0.15, 0.2) is 37.0 Å². The molecule has 1 radical (unpaired) electrons. The summed E-state index contributed by atoms with van der Waals surface area (Å²) < 4.78 is 0. The van der Waals surface area contributed by atoms with E-state index in [2.05, 4.69) is 26.2 Å². The summed E-state index contributed by atoms with van der Waals surface area (Å²) in [6.07, 6.45) is 8.72. The Hall–Kier alpha value is -0.780. The van der Waals surface area contributed by atoms with E-state index in [1.54, 1.807) is 0 Å². The van der Waals surface area contributed by atoms with E-state index >= 15 is 0 Å². The average molecular weight is 135 g/mol. The van der Waals surface area contributed by atoms with Gasteiger partial charge < -0.3 is 0 Å². The lowest BCUT2D eigenvalue weighted by Crippen LogP contribution is -1.77. The number of hydrogen-bond donors (Lipinski definition) is 0. The molecule has 0 amide bonds. The first kappa shape index (κ1) is 9.22. The predicted octanol–water partition coefficient (Wildman–Crippen LogP) is 3.29. The van der Waals surface area contributed by atoms with Crippen LogP contribution in [0, 0.1) is 6.92 Å². The van der Waals surface area contributed by atoms with Gasteiger partial charge in [0.15, 0.2) is 0 Å². The van der Waals surface area contributed by atoms with Crippen molar-refractivity contribution in [3.63, 3.8) is 0 Å². The van der Waals surface area contributed by atoms with E-state index in [4.69, 9.17) is 0 Å². The molecule has 0 spiro atoms. The highest BCUT2D eigenvalue weighted by Gasteiger charge is 1.88. The van der Waals surface area contributed by atoms with Crippen LogP contribution in [0.3, 0.4) is 0 Å². The Morgan fingerprint density at radius 1 is 1.10 bits per heavy atom. The Balaban J connectivity index is 3.82. The van der Waals surface area contributed by atoms with Crippen molar-refractivity contribution in [1.82, 2.24) is 0 Å². The fourth-order valence-electron chi connectivity index (χ4n) is 0.825. The zero-order valence-corrected chi connectivity index (χ0v) is 6.47. The van der Waals surface area contributed by atoms with Gasteiger partial charge >= 0.3 is 0 Å². The third-order valence-corrected chi connectivity index (χ3v) is 1.25. The Bertz CT molecular complexity index is 117. The minimum absolute atomic E-state index is 0.858. The average Bonchev–Trinajstić information content (AvgIpc) is 1.90. The molecule has 0 heteroatoms. The van der Waals surface area contributed by atoms with Gasteiger partial charge in [-0.15, -0.1) is 13.2 Å². The van der Waals surface area contributed by atoms with E-state index in [1.807, 2.05) is 12.2 Å². The minimum atomic E-state index is 0.858. The summed E-state index contributed by atoms with van der Waals surface area (Å²) in [5, 5.41) is 0. The molecular formula is C10H15. The second-order valence-electron chi connectivity index (χ2n) is 2.14. The molecule has 0 rings (SSSR count). The van der Waals surface area contributed by atoms with Gasteiger partial charge in [-0.1, -0.05) is 23.8 Å². The Morgan fingerprint density at radius 2 is 1.60 bits per heavy atom. The maximum absolute atomic E-state index is 3.74. The van der Waals surface area contributed by atoms with Crippen LogP contribution in [-0.2, 0) is 0 Å². The van der Waals surface area contributed by atoms with E-state index in [9.17, 15) is 0 Å². The van der Waals surface area contributed by atoms with Crippen LogP contribution in [-0.4, -0.2) is 0 Å². The summed E-state index contributed by atoms with van der Waals surface area (Å²) in [6, 6.07) is 0. The lowest BCUT2D eigenvalue weighted by Gasteiger charge is -1.97. The molecule has 0 aliphatic carbocycles. The molecule has 0 aromatic carbocycles. The first-order valence-electron chi connectivity index (χ1n) is 3.54. The largest absolute Gasteiger partial charge is 0.103 e. The molecule has 0 aliphatic heterocycles. The van der Waals surface area contributed by atoms with Crippen LogP contribution in [0.1, 0.15) is 19.3 Å². The monoisotopic (exact) mass is 135 g/mol. The Labute approximate surface area is 64.0 Å². The van der Waals surface area contributed by atoms with Crippen LogP contribution in [0.4, 0.5) is 0 Å². The summed E-state index contributed by atoms with van der Waals surface area (Å²) in [7, 11) is 0. The summed E-state index contributed by atoms with van der Waals surface area (Å²) in [6.45, 7) is 11.1. The van der Waals surface area contributed by atoms with Crippen molar-refractivity contribution in [1.29, 1.82) is 0 Å². The molecule has 0 aliphatic rings. The molecule has 0 bridgehead atoms. The molecular weight excluding hydrogens is 120 g/mol. The van der Waals surface area contributed by atoms with Crippen molar-refractivity contribution in [2.75, 3.05) is 0 Å². The van der Waals surface area contributed by atoms with Crippen molar-refractivity contribution in [3.8, 4) is 0 Å². The van der Waals surface area contributed by atoms with Gasteiger partial charge in [-0.25, -0.2) is 0 Å². The van der Waals surface area contributed by atoms with Crippen LogP contribution in [0.2, 0.25) is 0 Å². The number of allylic oxidation sites excluding steroid dienone is 4. The van der Waals surface area contributed by atoms with Gasteiger partial charge in [-0.3, -0.25) is 0 Å². The van der Waals surface area contributed by atoms with E-state index in [-0.39, 0.29) is 0 Å². The van der Waals surface area contributed by atoms with Gasteiger partial charge in [0.1, 0.15) is 0 Å². The third kappa shape index (κ3) is 4.13. The highest BCUT2D eigenvalue weighted by Crippen LogP contribution is 2.08. The second kappa shape index (κ2) is 6.34. The topological polar surface area (TPSA) is 0 Å². The van der Waals surface area contributed by atoms with Gasteiger partial charge in [0, 0.05) is 0 Å². The summed E-state index contributed by atoms with van der Waals surface area (Å²) in [5.74, 6) is 0. The van der Waals surface area contributed by atoms with Gasteiger partial charge in [0.05, 0.1) is 0 Å². The van der Waals surface area contributed by atoms with Crippen molar-refractivity contribution in [2.45, 2.75) is 19.3 Å². The van der Waals surface area contributed by atoms with Gasteiger partial charge in [-0.2, -0.15) is 0 Å². The summed E-state index contributed by atoms with van der Waals surface area (Å²) in [5.41, 5.74) is 1.36. The zero-order valence-electron chi connectivity index (χ0n) is 6.47. The number of rotatable bonds is 5. The van der Waals surface area contributed by atoms with Gasteiger partial charge in [0.2, 0.25) is 0 Å². The quantitative estimate of drug-likeness (QED) is 0.507. The molecule has 0 N–H and O–H groups in total. The van der Waals surface area contributed by atoms with E-state index < -0.39 is 0 Å². The molecule has 0 heterocycles. The second-order valence-corrected chi connectivity index (χ2v) is 2.14. The molecule has 55 valence electrons. The molecule has 0 saturated heterocycles. The smallest absolute Gasteiger partial charge is 0.0138 e. The van der Waals surface area contributed by atoms with Crippen molar-refractivity contribution in [2.24, 2.45) is 0 Å². The lowest BCUT2D eigenvalue weighted by atomic mass is 10.1. The third-order valence-electron chi connectivity index (χ3n) is 1.25. The summed E-state index contributed by atoms with van der Waals surface area (Å²) in [4.78, 5) is 0. The van der Waals surface area contributed by atoms with Gasteiger partial charge in [0.25, 0.3) is 0 Å². The fraction of sp³-hybridized carbons (Fsp3) is 0.300. The highest BCUT2D eigenvalue weighted by molar-refractivity contribution is 5.09. The molecule has 0 nitrogen and oxygen atoms in total. The molecule has 0 atom stereocenters. The first-order valence-corrected chi connectivity index (χ1v) is 3.54. The molecule has 0 fully saturated rings. The normalized spacial score (nSPS) is 8.50.